The number of nitrogens with zero attached hydrogens (tertiary/aromatic N) is 6. The predicted molar refractivity (Wildman–Crippen MR) is 169 cm³/mol. The Morgan fingerprint density at radius 1 is 0.977 bits per heavy atom. The second kappa shape index (κ2) is 11.9. The van der Waals surface area contributed by atoms with Crippen LogP contribution in [0.15, 0.2) is 54.6 Å². The molecule has 3 saturated heterocycles. The number of rotatable bonds is 5. The van der Waals surface area contributed by atoms with E-state index in [1.165, 1.54) is 17.7 Å². The summed E-state index contributed by atoms with van der Waals surface area (Å²) in [7, 11) is 0. The van der Waals surface area contributed by atoms with Gasteiger partial charge in [-0.15, -0.1) is 10.2 Å². The Labute approximate surface area is 254 Å². The Bertz CT molecular complexity index is 1440. The van der Waals surface area contributed by atoms with E-state index in [2.05, 4.69) is 49.2 Å². The molecule has 0 spiro atoms. The number of amides is 1. The number of ether oxygens (including phenoxy) is 1. The number of piperazine rings is 2. The highest BCUT2D eigenvalue weighted by Crippen LogP contribution is 2.38. The van der Waals surface area contributed by atoms with Crippen molar-refractivity contribution in [3.8, 4) is 17.0 Å². The van der Waals surface area contributed by atoms with Crippen LogP contribution in [0.3, 0.4) is 0 Å². The van der Waals surface area contributed by atoms with Gasteiger partial charge in [0.1, 0.15) is 11.4 Å². The van der Waals surface area contributed by atoms with Gasteiger partial charge in [-0.3, -0.25) is 4.90 Å². The Kier molecular flexibility index (Phi) is 8.05. The summed E-state index contributed by atoms with van der Waals surface area (Å²) in [6, 6.07) is 18.8. The Morgan fingerprint density at radius 2 is 1.70 bits per heavy atom. The van der Waals surface area contributed by atoms with Crippen molar-refractivity contribution in [1.29, 1.82) is 0 Å². The Balaban J connectivity index is 1.13. The molecule has 3 N–H and O–H groups in total. The van der Waals surface area contributed by atoms with Crippen LogP contribution in [0.25, 0.3) is 11.3 Å². The summed E-state index contributed by atoms with van der Waals surface area (Å²) in [4.78, 5) is 21.7. The minimum atomic E-state index is -0.477. The fourth-order valence-corrected chi connectivity index (χ4v) is 6.68. The number of nitrogen functional groups attached to an aromatic ring is 1. The quantitative estimate of drug-likeness (QED) is 0.439. The SMILES string of the molecule is CC(C)(C)OC(=O)N1CCN(Cc2cccc(N3[C@@H]4CCC[C@H]3CN(c3cc(-c5ccccc5O)nnc3N)C4)c2)CC1. The number of aromatic nitrogens is 2. The van der Waals surface area contributed by atoms with Crippen molar-refractivity contribution in [2.75, 3.05) is 54.8 Å². The van der Waals surface area contributed by atoms with Crippen LogP contribution in [0.5, 0.6) is 5.75 Å². The van der Waals surface area contributed by atoms with Crippen LogP contribution in [-0.4, -0.2) is 88.2 Å². The maximum absolute atomic E-state index is 12.5. The average Bonchev–Trinajstić information content (AvgIpc) is 2.97. The monoisotopic (exact) mass is 585 g/mol. The molecular weight excluding hydrogens is 542 g/mol. The number of nitrogens with two attached hydrogens (primary N) is 1. The van der Waals surface area contributed by atoms with Crippen LogP contribution >= 0.6 is 0 Å². The van der Waals surface area contributed by atoms with Gasteiger partial charge >= 0.3 is 6.09 Å². The zero-order valence-electron chi connectivity index (χ0n) is 25.4. The molecular formula is C33H43N7O3. The number of carbonyl (C=O) groups is 1. The topological polar surface area (TPSA) is 111 Å². The van der Waals surface area contributed by atoms with E-state index in [9.17, 15) is 9.90 Å². The molecule has 3 aliphatic heterocycles. The van der Waals surface area contributed by atoms with E-state index in [0.29, 0.717) is 42.2 Å². The summed E-state index contributed by atoms with van der Waals surface area (Å²) in [6.07, 6.45) is 3.23. The van der Waals surface area contributed by atoms with Gasteiger partial charge in [-0.25, -0.2) is 4.79 Å². The van der Waals surface area contributed by atoms with Crippen molar-refractivity contribution in [2.24, 2.45) is 0 Å². The number of benzene rings is 2. The van der Waals surface area contributed by atoms with E-state index in [0.717, 1.165) is 51.3 Å². The molecule has 4 heterocycles. The summed E-state index contributed by atoms with van der Waals surface area (Å²) >= 11 is 0. The first-order chi connectivity index (χ1) is 20.6. The second-order valence-corrected chi connectivity index (χ2v) is 13.0. The van der Waals surface area contributed by atoms with E-state index >= 15 is 0 Å². The summed E-state index contributed by atoms with van der Waals surface area (Å²) in [6.45, 7) is 11.3. The van der Waals surface area contributed by atoms with Gasteiger partial charge in [-0.2, -0.15) is 0 Å². The lowest BCUT2D eigenvalue weighted by atomic mass is 9.90. The van der Waals surface area contributed by atoms with Gasteiger partial charge in [0.25, 0.3) is 0 Å². The summed E-state index contributed by atoms with van der Waals surface area (Å²) < 4.78 is 5.56. The van der Waals surface area contributed by atoms with Gasteiger partial charge in [0, 0.05) is 69.1 Å². The lowest BCUT2D eigenvalue weighted by molar-refractivity contribution is 0.0139. The molecule has 10 heteroatoms. The average molecular weight is 586 g/mol. The normalized spacial score (nSPS) is 21.1. The first-order valence-electron chi connectivity index (χ1n) is 15.4. The number of piperidine rings is 1. The highest BCUT2D eigenvalue weighted by molar-refractivity contribution is 5.74. The number of anilines is 3. The van der Waals surface area contributed by atoms with Crippen LogP contribution in [0.2, 0.25) is 0 Å². The second-order valence-electron chi connectivity index (χ2n) is 13.0. The van der Waals surface area contributed by atoms with E-state index in [-0.39, 0.29) is 11.8 Å². The zero-order valence-corrected chi connectivity index (χ0v) is 25.4. The molecule has 2 aromatic carbocycles. The van der Waals surface area contributed by atoms with Crippen molar-refractivity contribution in [3.05, 3.63) is 60.2 Å². The maximum atomic E-state index is 12.5. The number of carbonyl (C=O) groups excluding carboxylic acids is 1. The fraction of sp³-hybridized carbons (Fsp3) is 0.485. The third-order valence-electron chi connectivity index (χ3n) is 8.68. The molecule has 2 bridgehead atoms. The first kappa shape index (κ1) is 29.0. The molecule has 0 radical (unpaired) electrons. The molecule has 43 heavy (non-hydrogen) atoms. The number of phenols is 1. The number of para-hydroxylation sites is 1. The van der Waals surface area contributed by atoms with Gasteiger partial charge in [0.2, 0.25) is 0 Å². The molecule has 3 aromatic rings. The molecule has 1 amide bonds. The zero-order chi connectivity index (χ0) is 30.1. The molecule has 0 aliphatic carbocycles. The number of phenolic OH excluding ortho intramolecular Hbond substituents is 1. The van der Waals surface area contributed by atoms with Gasteiger partial charge in [-0.1, -0.05) is 24.3 Å². The number of aromatic hydroxyl groups is 1. The molecule has 10 nitrogen and oxygen atoms in total. The van der Waals surface area contributed by atoms with Gasteiger partial charge < -0.3 is 30.3 Å². The molecule has 6 rings (SSSR count). The third kappa shape index (κ3) is 6.49. The van der Waals surface area contributed by atoms with E-state index < -0.39 is 5.60 Å². The molecule has 0 unspecified atom stereocenters. The van der Waals surface area contributed by atoms with Crippen molar-refractivity contribution in [1.82, 2.24) is 20.0 Å². The summed E-state index contributed by atoms with van der Waals surface area (Å²) in [5.74, 6) is 0.596. The van der Waals surface area contributed by atoms with Crippen molar-refractivity contribution in [2.45, 2.75) is 64.3 Å². The number of hydrogen-bond donors (Lipinski definition) is 2. The molecule has 3 fully saturated rings. The number of hydrogen-bond acceptors (Lipinski definition) is 9. The predicted octanol–water partition coefficient (Wildman–Crippen LogP) is 4.73. The van der Waals surface area contributed by atoms with Crippen molar-refractivity contribution >= 4 is 23.3 Å². The summed E-state index contributed by atoms with van der Waals surface area (Å²) in [5.41, 5.74) is 10.6. The Hall–Kier alpha value is -4.05. The number of fused-ring (bicyclic) bond motifs is 2. The van der Waals surface area contributed by atoms with Gasteiger partial charge in [0.15, 0.2) is 5.82 Å². The molecule has 1 aromatic heterocycles. The molecule has 228 valence electrons. The van der Waals surface area contributed by atoms with Crippen molar-refractivity contribution < 1.29 is 14.6 Å². The van der Waals surface area contributed by atoms with Crippen LogP contribution in [-0.2, 0) is 11.3 Å². The highest BCUT2D eigenvalue weighted by Gasteiger charge is 2.38. The van der Waals surface area contributed by atoms with E-state index in [1.807, 2.05) is 43.9 Å². The molecule has 3 aliphatic rings. The molecule has 2 atom stereocenters. The standard InChI is InChI=1S/C33H43N7O3/c1-33(2,3)43-32(42)38-16-14-37(15-17-38)20-23-8-6-9-24(18-23)40-25-10-7-11-26(40)22-39(21-25)29-19-28(35-36-31(29)34)27-12-4-5-13-30(27)41/h4-6,8-9,12-13,18-19,25-26,41H,7,10-11,14-17,20-22H2,1-3H3,(H2,34,36)/t25-,26+. The van der Waals surface area contributed by atoms with Crippen LogP contribution in [0, 0.1) is 0 Å². The largest absolute Gasteiger partial charge is 0.507 e. The van der Waals surface area contributed by atoms with E-state index in [1.54, 1.807) is 12.1 Å². The van der Waals surface area contributed by atoms with Crippen molar-refractivity contribution in [3.63, 3.8) is 0 Å². The van der Waals surface area contributed by atoms with Gasteiger partial charge in [0.05, 0.1) is 11.4 Å². The lowest BCUT2D eigenvalue weighted by Crippen LogP contribution is -2.61. The fourth-order valence-electron chi connectivity index (χ4n) is 6.68. The lowest BCUT2D eigenvalue weighted by Gasteiger charge is -2.52. The van der Waals surface area contributed by atoms with Crippen LogP contribution in [0.4, 0.5) is 22.0 Å². The van der Waals surface area contributed by atoms with Crippen LogP contribution < -0.4 is 15.5 Å². The minimum Gasteiger partial charge on any atom is -0.507 e. The third-order valence-corrected chi connectivity index (χ3v) is 8.68. The smallest absolute Gasteiger partial charge is 0.410 e. The minimum absolute atomic E-state index is 0.180. The Morgan fingerprint density at radius 3 is 2.40 bits per heavy atom. The first-order valence-corrected chi connectivity index (χ1v) is 15.4. The molecule has 0 saturated carbocycles. The summed E-state index contributed by atoms with van der Waals surface area (Å²) in [5, 5.41) is 18.9. The van der Waals surface area contributed by atoms with E-state index in [4.69, 9.17) is 10.5 Å². The maximum Gasteiger partial charge on any atom is 0.410 e. The highest BCUT2D eigenvalue weighted by atomic mass is 16.6. The van der Waals surface area contributed by atoms with Crippen LogP contribution in [0.1, 0.15) is 45.6 Å². The van der Waals surface area contributed by atoms with Gasteiger partial charge in [-0.05, 0) is 75.9 Å².